The highest BCUT2D eigenvalue weighted by Crippen LogP contribution is 2.26. The van der Waals surface area contributed by atoms with Gasteiger partial charge in [-0.25, -0.2) is 0 Å². The van der Waals surface area contributed by atoms with E-state index in [0.29, 0.717) is 26.4 Å². The van der Waals surface area contributed by atoms with Gasteiger partial charge in [0.05, 0.1) is 25.4 Å². The Morgan fingerprint density at radius 1 is 0.655 bits per heavy atom. The van der Waals surface area contributed by atoms with Crippen LogP contribution in [-0.2, 0) is 17.7 Å². The largest absolute Gasteiger partial charge is 0.437 e. The van der Waals surface area contributed by atoms with Crippen LogP contribution in [0.15, 0.2) is 0 Å². The van der Waals surface area contributed by atoms with Crippen LogP contribution in [0.3, 0.4) is 0 Å². The molecule has 0 amide bonds. The molecule has 2 atom stereocenters. The van der Waals surface area contributed by atoms with E-state index in [0.717, 1.165) is 37.8 Å². The van der Waals surface area contributed by atoms with Crippen molar-refractivity contribution in [1.82, 2.24) is 0 Å². The molecule has 0 aromatic carbocycles. The molecule has 0 aliphatic rings. The standard InChI is InChI=1S/C20H48O6Si3/c1-9-19(21)17-23-13-11-15-27(3,4)25-29(7,8)26-28(5,6)16-12-14-24-18-20(22)10-2/h19-22H,9-18H2,1-8H3. The van der Waals surface area contributed by atoms with E-state index in [9.17, 15) is 10.2 Å². The molecule has 0 bridgehead atoms. The van der Waals surface area contributed by atoms with E-state index in [1.54, 1.807) is 0 Å². The molecule has 176 valence electrons. The van der Waals surface area contributed by atoms with Crippen molar-refractivity contribution in [3.05, 3.63) is 0 Å². The molecule has 0 aliphatic carbocycles. The normalized spacial score (nSPS) is 15.5. The lowest BCUT2D eigenvalue weighted by atomic mass is 10.3. The van der Waals surface area contributed by atoms with Crippen LogP contribution < -0.4 is 0 Å². The molecule has 0 aliphatic heterocycles. The number of hydrogen-bond donors (Lipinski definition) is 2. The highest BCUT2D eigenvalue weighted by molar-refractivity contribution is 6.87. The summed E-state index contributed by atoms with van der Waals surface area (Å²) in [5, 5.41) is 19.1. The third-order valence-electron chi connectivity index (χ3n) is 4.74. The smallest absolute Gasteiger partial charge is 0.311 e. The van der Waals surface area contributed by atoms with Crippen LogP contribution in [0.2, 0.25) is 51.4 Å². The van der Waals surface area contributed by atoms with Gasteiger partial charge >= 0.3 is 8.56 Å². The van der Waals surface area contributed by atoms with Crippen LogP contribution in [0, 0.1) is 0 Å². The van der Waals surface area contributed by atoms with Gasteiger partial charge in [-0.15, -0.1) is 0 Å². The molecule has 0 aromatic heterocycles. The fourth-order valence-electron chi connectivity index (χ4n) is 3.33. The Labute approximate surface area is 182 Å². The molecule has 0 aromatic rings. The molecule has 0 fully saturated rings. The van der Waals surface area contributed by atoms with Crippen LogP contribution in [-0.4, -0.2) is 74.0 Å². The maximum absolute atomic E-state index is 9.54. The minimum Gasteiger partial charge on any atom is -0.437 e. The summed E-state index contributed by atoms with van der Waals surface area (Å²) in [6, 6.07) is 2.06. The van der Waals surface area contributed by atoms with Gasteiger partial charge in [0.25, 0.3) is 0 Å². The maximum atomic E-state index is 9.54. The van der Waals surface area contributed by atoms with Gasteiger partial charge in [-0.2, -0.15) is 0 Å². The van der Waals surface area contributed by atoms with Crippen molar-refractivity contribution in [2.45, 2.75) is 103 Å². The molecule has 0 rings (SSSR count). The highest BCUT2D eigenvalue weighted by Gasteiger charge is 2.39. The van der Waals surface area contributed by atoms with Gasteiger partial charge < -0.3 is 27.9 Å². The topological polar surface area (TPSA) is 77.4 Å². The molecular weight excluding hydrogens is 420 g/mol. The Hall–Kier alpha value is 0.411. The third kappa shape index (κ3) is 16.7. The van der Waals surface area contributed by atoms with Gasteiger partial charge in [0.2, 0.25) is 0 Å². The van der Waals surface area contributed by atoms with E-state index in [4.69, 9.17) is 17.7 Å². The zero-order valence-electron chi connectivity index (χ0n) is 20.3. The van der Waals surface area contributed by atoms with Crippen LogP contribution in [0.25, 0.3) is 0 Å². The lowest BCUT2D eigenvalue weighted by molar-refractivity contribution is 0.0351. The number of aliphatic hydroxyl groups is 2. The van der Waals surface area contributed by atoms with E-state index in [-0.39, 0.29) is 12.2 Å². The molecule has 2 unspecified atom stereocenters. The van der Waals surface area contributed by atoms with E-state index in [1.807, 2.05) is 13.8 Å². The first-order chi connectivity index (χ1) is 13.3. The minimum absolute atomic E-state index is 0.356. The molecule has 9 heteroatoms. The fourth-order valence-corrected chi connectivity index (χ4v) is 17.3. The average molecular weight is 469 g/mol. The molecule has 0 radical (unpaired) electrons. The van der Waals surface area contributed by atoms with E-state index in [1.165, 1.54) is 0 Å². The summed E-state index contributed by atoms with van der Waals surface area (Å²) in [5.74, 6) is 0. The van der Waals surface area contributed by atoms with Crippen molar-refractivity contribution in [3.63, 3.8) is 0 Å². The quantitative estimate of drug-likeness (QED) is 0.228. The van der Waals surface area contributed by atoms with Crippen LogP contribution in [0.4, 0.5) is 0 Å². The zero-order chi connectivity index (χ0) is 22.6. The van der Waals surface area contributed by atoms with Gasteiger partial charge in [0.15, 0.2) is 16.6 Å². The molecule has 0 saturated carbocycles. The lowest BCUT2D eigenvalue weighted by Crippen LogP contribution is -2.52. The first-order valence-electron chi connectivity index (χ1n) is 11.2. The zero-order valence-corrected chi connectivity index (χ0v) is 23.3. The average Bonchev–Trinajstić information content (AvgIpc) is 2.58. The molecule has 0 spiro atoms. The van der Waals surface area contributed by atoms with Crippen LogP contribution >= 0.6 is 0 Å². The predicted molar refractivity (Wildman–Crippen MR) is 128 cm³/mol. The van der Waals surface area contributed by atoms with Crippen molar-refractivity contribution in [1.29, 1.82) is 0 Å². The van der Waals surface area contributed by atoms with Gasteiger partial charge in [-0.1, -0.05) is 13.8 Å². The monoisotopic (exact) mass is 468 g/mol. The summed E-state index contributed by atoms with van der Waals surface area (Å²) in [4.78, 5) is 0. The number of rotatable bonds is 18. The molecule has 0 heterocycles. The third-order valence-corrected chi connectivity index (χ3v) is 16.2. The first kappa shape index (κ1) is 29.4. The van der Waals surface area contributed by atoms with Crippen molar-refractivity contribution in [3.8, 4) is 0 Å². The molecule has 6 nitrogen and oxygen atoms in total. The summed E-state index contributed by atoms with van der Waals surface area (Å²) in [6.45, 7) is 19.5. The number of hydrogen-bond acceptors (Lipinski definition) is 6. The summed E-state index contributed by atoms with van der Waals surface area (Å²) in [6.07, 6.45) is 2.67. The Morgan fingerprint density at radius 2 is 1.00 bits per heavy atom. The highest BCUT2D eigenvalue weighted by atomic mass is 28.5. The van der Waals surface area contributed by atoms with Gasteiger partial charge in [-0.05, 0) is 77.1 Å². The number of aliphatic hydroxyl groups excluding tert-OH is 2. The molecular formula is C20H48O6Si3. The first-order valence-corrected chi connectivity index (χ1v) is 20.3. The molecule has 29 heavy (non-hydrogen) atoms. The molecule has 2 N–H and O–H groups in total. The van der Waals surface area contributed by atoms with Crippen LogP contribution in [0.1, 0.15) is 39.5 Å². The Kier molecular flexibility index (Phi) is 14.7. The summed E-state index contributed by atoms with van der Waals surface area (Å²) in [5.41, 5.74) is 0. The van der Waals surface area contributed by atoms with Gasteiger partial charge in [0.1, 0.15) is 0 Å². The molecule has 0 saturated heterocycles. The Bertz CT molecular complexity index is 385. The lowest BCUT2D eigenvalue weighted by Gasteiger charge is -2.38. The summed E-state index contributed by atoms with van der Waals surface area (Å²) < 4.78 is 24.3. The summed E-state index contributed by atoms with van der Waals surface area (Å²) >= 11 is 0. The van der Waals surface area contributed by atoms with Crippen molar-refractivity contribution < 1.29 is 27.9 Å². The Balaban J connectivity index is 4.23. The second-order valence-corrected chi connectivity index (χ2v) is 22.1. The summed E-state index contributed by atoms with van der Waals surface area (Å²) in [7, 11) is -5.84. The Morgan fingerprint density at radius 3 is 1.31 bits per heavy atom. The van der Waals surface area contributed by atoms with Crippen LogP contribution in [0.5, 0.6) is 0 Å². The van der Waals surface area contributed by atoms with Gasteiger partial charge in [-0.3, -0.25) is 0 Å². The van der Waals surface area contributed by atoms with Crippen molar-refractivity contribution in [2.75, 3.05) is 26.4 Å². The fraction of sp³-hybridized carbons (Fsp3) is 1.00. The van der Waals surface area contributed by atoms with Crippen molar-refractivity contribution in [2.24, 2.45) is 0 Å². The minimum atomic E-state index is -2.20. The number of ether oxygens (including phenoxy) is 2. The second kappa shape index (κ2) is 14.5. The van der Waals surface area contributed by atoms with Gasteiger partial charge in [0, 0.05) is 13.2 Å². The SMILES string of the molecule is CCC(O)COCCC[Si](C)(C)O[Si](C)(C)O[Si](C)(C)CCCOCC(O)CC. The van der Waals surface area contributed by atoms with E-state index < -0.39 is 25.2 Å². The van der Waals surface area contributed by atoms with Crippen molar-refractivity contribution >= 4 is 25.2 Å². The van der Waals surface area contributed by atoms with E-state index >= 15 is 0 Å². The predicted octanol–water partition coefficient (Wildman–Crippen LogP) is 4.49. The van der Waals surface area contributed by atoms with E-state index in [2.05, 4.69) is 39.3 Å². The maximum Gasteiger partial charge on any atom is 0.311 e. The second-order valence-electron chi connectivity index (χ2n) is 9.60.